The summed E-state index contributed by atoms with van der Waals surface area (Å²) >= 11 is 3.35. The predicted octanol–water partition coefficient (Wildman–Crippen LogP) is 2.59. The van der Waals surface area contributed by atoms with Crippen molar-refractivity contribution in [1.29, 1.82) is 0 Å². The molecule has 14 heavy (non-hydrogen) atoms. The van der Waals surface area contributed by atoms with Crippen molar-refractivity contribution >= 4 is 32.5 Å². The highest BCUT2D eigenvalue weighted by Crippen LogP contribution is 2.29. The fraction of sp³-hybridized carbons (Fsp3) is 0.100. The molecule has 0 atom stereocenters. The van der Waals surface area contributed by atoms with E-state index in [1.165, 1.54) is 0 Å². The van der Waals surface area contributed by atoms with Crippen molar-refractivity contribution in [3.63, 3.8) is 0 Å². The van der Waals surface area contributed by atoms with Gasteiger partial charge in [0.1, 0.15) is 11.3 Å². The van der Waals surface area contributed by atoms with Gasteiger partial charge in [-0.2, -0.15) is 0 Å². The number of nitrogens with two attached hydrogens (primary N) is 1. The van der Waals surface area contributed by atoms with Crippen LogP contribution in [-0.2, 0) is 0 Å². The Hall–Kier alpha value is -1.29. The molecule has 1 aromatic heterocycles. The second-order valence-corrected chi connectivity index (χ2v) is 3.82. The molecular formula is C10H9BrN2O. The fourth-order valence-corrected chi connectivity index (χ4v) is 1.69. The number of hydrogen-bond acceptors (Lipinski definition) is 3. The minimum absolute atomic E-state index is 0.703. The average molecular weight is 253 g/mol. The van der Waals surface area contributed by atoms with Crippen LogP contribution in [0.15, 0.2) is 28.9 Å². The van der Waals surface area contributed by atoms with Gasteiger partial charge in [0.05, 0.1) is 7.11 Å². The topological polar surface area (TPSA) is 48.1 Å². The third kappa shape index (κ3) is 1.42. The molecule has 0 spiro atoms. The molecule has 0 saturated heterocycles. The second kappa shape index (κ2) is 3.46. The maximum atomic E-state index is 5.83. The van der Waals surface area contributed by atoms with Crippen LogP contribution in [-0.4, -0.2) is 12.1 Å². The summed E-state index contributed by atoms with van der Waals surface area (Å²) in [6.45, 7) is 0. The van der Waals surface area contributed by atoms with Gasteiger partial charge in [-0.05, 0) is 34.1 Å². The van der Waals surface area contributed by atoms with E-state index in [1.807, 2.05) is 18.2 Å². The molecular weight excluding hydrogens is 244 g/mol. The first-order valence-electron chi connectivity index (χ1n) is 4.10. The third-order valence-electron chi connectivity index (χ3n) is 2.03. The molecule has 0 unspecified atom stereocenters. The molecule has 0 bridgehead atoms. The second-order valence-electron chi connectivity index (χ2n) is 2.91. The van der Waals surface area contributed by atoms with Gasteiger partial charge in [0.2, 0.25) is 0 Å². The lowest BCUT2D eigenvalue weighted by Gasteiger charge is -2.06. The smallest absolute Gasteiger partial charge is 0.145 e. The maximum Gasteiger partial charge on any atom is 0.145 e. The summed E-state index contributed by atoms with van der Waals surface area (Å²) in [7, 11) is 1.62. The van der Waals surface area contributed by atoms with Gasteiger partial charge in [0.25, 0.3) is 0 Å². The molecule has 0 amide bonds. The van der Waals surface area contributed by atoms with E-state index in [0.717, 1.165) is 21.1 Å². The molecule has 0 aliphatic heterocycles. The van der Waals surface area contributed by atoms with Crippen LogP contribution in [0.1, 0.15) is 0 Å². The molecule has 0 radical (unpaired) electrons. The highest BCUT2D eigenvalue weighted by atomic mass is 79.9. The summed E-state index contributed by atoms with van der Waals surface area (Å²) in [6, 6.07) is 5.56. The molecule has 0 saturated carbocycles. The van der Waals surface area contributed by atoms with E-state index in [-0.39, 0.29) is 0 Å². The molecule has 0 fully saturated rings. The van der Waals surface area contributed by atoms with Crippen molar-refractivity contribution in [2.45, 2.75) is 0 Å². The molecule has 72 valence electrons. The molecule has 2 rings (SSSR count). The summed E-state index contributed by atoms with van der Waals surface area (Å²) in [4.78, 5) is 4.26. The number of methoxy groups -OCH3 is 1. The molecule has 0 aliphatic carbocycles. The van der Waals surface area contributed by atoms with Crippen molar-refractivity contribution < 1.29 is 4.74 Å². The molecule has 1 aromatic carbocycles. The van der Waals surface area contributed by atoms with E-state index in [4.69, 9.17) is 10.5 Å². The minimum Gasteiger partial charge on any atom is -0.494 e. The van der Waals surface area contributed by atoms with Crippen LogP contribution in [0.5, 0.6) is 5.75 Å². The number of benzene rings is 1. The van der Waals surface area contributed by atoms with Gasteiger partial charge in [-0.1, -0.05) is 0 Å². The van der Waals surface area contributed by atoms with Gasteiger partial charge in [0, 0.05) is 21.7 Å². The van der Waals surface area contributed by atoms with E-state index in [2.05, 4.69) is 20.9 Å². The summed E-state index contributed by atoms with van der Waals surface area (Å²) < 4.78 is 6.10. The van der Waals surface area contributed by atoms with E-state index >= 15 is 0 Å². The Morgan fingerprint density at radius 2 is 2.21 bits per heavy atom. The number of nitrogens with zero attached hydrogens (tertiary/aromatic N) is 1. The van der Waals surface area contributed by atoms with Crippen molar-refractivity contribution in [2.75, 3.05) is 12.8 Å². The molecule has 1 heterocycles. The van der Waals surface area contributed by atoms with E-state index in [1.54, 1.807) is 13.3 Å². The Kier molecular flexibility index (Phi) is 2.29. The lowest BCUT2D eigenvalue weighted by molar-refractivity contribution is 0.419. The zero-order chi connectivity index (χ0) is 10.1. The van der Waals surface area contributed by atoms with Crippen LogP contribution >= 0.6 is 15.9 Å². The molecule has 0 aliphatic rings. The lowest BCUT2D eigenvalue weighted by Crippen LogP contribution is -1.92. The number of aromatic nitrogens is 1. The number of pyridine rings is 1. The largest absolute Gasteiger partial charge is 0.494 e. The van der Waals surface area contributed by atoms with Crippen LogP contribution in [0.25, 0.3) is 10.9 Å². The summed E-state index contributed by atoms with van der Waals surface area (Å²) in [6.07, 6.45) is 1.73. The Morgan fingerprint density at radius 1 is 1.43 bits per heavy atom. The Bertz CT molecular complexity index is 485. The standard InChI is InChI=1S/C10H9BrN2O/c1-14-9-3-2-8(12)7-4-6(11)5-13-10(7)9/h2-5H,12H2,1H3. The predicted molar refractivity (Wildman–Crippen MR) is 60.4 cm³/mol. The zero-order valence-corrected chi connectivity index (χ0v) is 9.21. The molecule has 2 aromatic rings. The zero-order valence-electron chi connectivity index (χ0n) is 7.62. The summed E-state index contributed by atoms with van der Waals surface area (Å²) in [5, 5.41) is 0.902. The molecule has 2 N–H and O–H groups in total. The third-order valence-corrected chi connectivity index (χ3v) is 2.47. The van der Waals surface area contributed by atoms with E-state index in [0.29, 0.717) is 5.69 Å². The lowest BCUT2D eigenvalue weighted by atomic mass is 10.2. The highest BCUT2D eigenvalue weighted by molar-refractivity contribution is 9.10. The van der Waals surface area contributed by atoms with Gasteiger partial charge in [-0.25, -0.2) is 0 Å². The molecule has 3 nitrogen and oxygen atoms in total. The van der Waals surface area contributed by atoms with Crippen molar-refractivity contribution in [1.82, 2.24) is 4.98 Å². The average Bonchev–Trinajstić information content (AvgIpc) is 2.19. The number of nitrogen functional groups attached to an aromatic ring is 1. The van der Waals surface area contributed by atoms with Crippen molar-refractivity contribution in [3.8, 4) is 5.75 Å². The van der Waals surface area contributed by atoms with Crippen molar-refractivity contribution in [2.24, 2.45) is 0 Å². The van der Waals surface area contributed by atoms with Gasteiger partial charge in [0.15, 0.2) is 0 Å². The number of fused-ring (bicyclic) bond motifs is 1. The van der Waals surface area contributed by atoms with Crippen LogP contribution in [0.3, 0.4) is 0 Å². The molecule has 4 heteroatoms. The SMILES string of the molecule is COc1ccc(N)c2cc(Br)cnc12. The van der Waals surface area contributed by atoms with E-state index < -0.39 is 0 Å². The van der Waals surface area contributed by atoms with Crippen molar-refractivity contribution in [3.05, 3.63) is 28.9 Å². The normalized spacial score (nSPS) is 10.4. The Balaban J connectivity index is 2.84. The van der Waals surface area contributed by atoms with Gasteiger partial charge in [-0.15, -0.1) is 0 Å². The number of ether oxygens (including phenoxy) is 1. The Labute approximate surface area is 90.0 Å². The first kappa shape index (κ1) is 9.27. The fourth-order valence-electron chi connectivity index (χ4n) is 1.35. The minimum atomic E-state index is 0.703. The monoisotopic (exact) mass is 252 g/mol. The summed E-state index contributed by atoms with van der Waals surface area (Å²) in [5.41, 5.74) is 7.32. The number of rotatable bonds is 1. The van der Waals surface area contributed by atoms with E-state index in [9.17, 15) is 0 Å². The summed E-state index contributed by atoms with van der Waals surface area (Å²) in [5.74, 6) is 0.738. The Morgan fingerprint density at radius 3 is 2.93 bits per heavy atom. The van der Waals surface area contributed by atoms with Crippen LogP contribution in [0.2, 0.25) is 0 Å². The quantitative estimate of drug-likeness (QED) is 0.794. The number of halogens is 1. The van der Waals surface area contributed by atoms with Gasteiger partial charge < -0.3 is 10.5 Å². The maximum absolute atomic E-state index is 5.83. The van der Waals surface area contributed by atoms with Gasteiger partial charge in [-0.3, -0.25) is 4.98 Å². The first-order chi connectivity index (χ1) is 6.72. The van der Waals surface area contributed by atoms with Crippen LogP contribution in [0, 0.1) is 0 Å². The van der Waals surface area contributed by atoms with Gasteiger partial charge >= 0.3 is 0 Å². The highest BCUT2D eigenvalue weighted by Gasteiger charge is 2.05. The number of hydrogen-bond donors (Lipinski definition) is 1. The number of anilines is 1. The van der Waals surface area contributed by atoms with Crippen LogP contribution < -0.4 is 10.5 Å². The first-order valence-corrected chi connectivity index (χ1v) is 4.89. The van der Waals surface area contributed by atoms with Crippen LogP contribution in [0.4, 0.5) is 5.69 Å².